The van der Waals surface area contributed by atoms with E-state index in [1.807, 2.05) is 18.2 Å². The van der Waals surface area contributed by atoms with Gasteiger partial charge in [0.1, 0.15) is 12.4 Å². The minimum absolute atomic E-state index is 0.0333. The first-order valence-corrected chi connectivity index (χ1v) is 6.18. The average molecular weight is 300 g/mol. The second-order valence-electron chi connectivity index (χ2n) is 3.83. The monoisotopic (exact) mass is 299 g/mol. The number of ether oxygens (including phenoxy) is 2. The van der Waals surface area contributed by atoms with Crippen molar-refractivity contribution >= 4 is 21.8 Å². The van der Waals surface area contributed by atoms with Crippen LogP contribution in [0.4, 0.5) is 0 Å². The zero-order valence-corrected chi connectivity index (χ0v) is 11.2. The zero-order chi connectivity index (χ0) is 12.3. The van der Waals surface area contributed by atoms with Crippen LogP contribution in [0.25, 0.3) is 0 Å². The molecule has 1 aromatic carbocycles. The van der Waals surface area contributed by atoms with Crippen LogP contribution in [0.2, 0.25) is 0 Å². The van der Waals surface area contributed by atoms with Crippen LogP contribution in [0, 0.1) is 0 Å². The number of nitrogens with zero attached hydrogens (tertiary/aromatic N) is 1. The molecule has 1 fully saturated rings. The Kier molecular flexibility index (Phi) is 4.02. The number of morpholine rings is 1. The van der Waals surface area contributed by atoms with E-state index in [4.69, 9.17) is 9.47 Å². The van der Waals surface area contributed by atoms with Crippen LogP contribution in [0.15, 0.2) is 22.7 Å². The first-order chi connectivity index (χ1) is 8.20. The fourth-order valence-electron chi connectivity index (χ4n) is 1.72. The number of carbonyl (C=O) groups is 1. The van der Waals surface area contributed by atoms with Gasteiger partial charge in [0.2, 0.25) is 5.91 Å². The molecular weight excluding hydrogens is 286 g/mol. The van der Waals surface area contributed by atoms with E-state index in [-0.39, 0.29) is 12.5 Å². The first-order valence-electron chi connectivity index (χ1n) is 5.38. The molecule has 1 saturated heterocycles. The molecule has 92 valence electrons. The Morgan fingerprint density at radius 1 is 1.53 bits per heavy atom. The third-order valence-electron chi connectivity index (χ3n) is 2.70. The van der Waals surface area contributed by atoms with Crippen molar-refractivity contribution in [2.75, 3.05) is 26.9 Å². The maximum atomic E-state index is 11.6. The van der Waals surface area contributed by atoms with E-state index >= 15 is 0 Å². The van der Waals surface area contributed by atoms with Gasteiger partial charge in [-0.05, 0) is 23.8 Å². The summed E-state index contributed by atoms with van der Waals surface area (Å²) in [6.07, 6.45) is 0. The molecule has 4 nitrogen and oxygen atoms in total. The molecule has 1 aliphatic heterocycles. The lowest BCUT2D eigenvalue weighted by atomic mass is 10.2. The van der Waals surface area contributed by atoms with Crippen molar-refractivity contribution in [3.63, 3.8) is 0 Å². The van der Waals surface area contributed by atoms with E-state index in [1.165, 1.54) is 0 Å². The molecule has 1 aliphatic rings. The largest absolute Gasteiger partial charge is 0.497 e. The minimum Gasteiger partial charge on any atom is -0.497 e. The Morgan fingerprint density at radius 3 is 3.06 bits per heavy atom. The fourth-order valence-corrected chi connectivity index (χ4v) is 2.09. The molecule has 1 heterocycles. The second kappa shape index (κ2) is 5.51. The fraction of sp³-hybridized carbons (Fsp3) is 0.417. The van der Waals surface area contributed by atoms with Crippen molar-refractivity contribution in [2.24, 2.45) is 0 Å². The van der Waals surface area contributed by atoms with Gasteiger partial charge in [-0.1, -0.05) is 15.9 Å². The summed E-state index contributed by atoms with van der Waals surface area (Å²) in [7, 11) is 1.63. The summed E-state index contributed by atoms with van der Waals surface area (Å²) in [5, 5.41) is 0. The van der Waals surface area contributed by atoms with Gasteiger partial charge < -0.3 is 14.4 Å². The van der Waals surface area contributed by atoms with E-state index in [9.17, 15) is 4.79 Å². The third kappa shape index (κ3) is 2.98. The molecule has 2 rings (SSSR count). The highest BCUT2D eigenvalue weighted by Gasteiger charge is 2.19. The Labute approximate surface area is 109 Å². The van der Waals surface area contributed by atoms with E-state index in [1.54, 1.807) is 12.0 Å². The maximum absolute atomic E-state index is 11.6. The summed E-state index contributed by atoms with van der Waals surface area (Å²) in [5.41, 5.74) is 1.04. The van der Waals surface area contributed by atoms with Gasteiger partial charge >= 0.3 is 0 Å². The molecule has 0 saturated carbocycles. The van der Waals surface area contributed by atoms with Gasteiger partial charge in [-0.15, -0.1) is 0 Å². The quantitative estimate of drug-likeness (QED) is 0.854. The molecule has 0 unspecified atom stereocenters. The molecule has 0 spiro atoms. The Balaban J connectivity index is 2.14. The van der Waals surface area contributed by atoms with E-state index in [2.05, 4.69) is 15.9 Å². The van der Waals surface area contributed by atoms with Gasteiger partial charge in [-0.25, -0.2) is 0 Å². The summed E-state index contributed by atoms with van der Waals surface area (Å²) >= 11 is 3.48. The number of halogens is 1. The van der Waals surface area contributed by atoms with Crippen molar-refractivity contribution in [2.45, 2.75) is 6.54 Å². The first kappa shape index (κ1) is 12.4. The van der Waals surface area contributed by atoms with Crippen LogP contribution in [-0.4, -0.2) is 37.7 Å². The van der Waals surface area contributed by atoms with Crippen LogP contribution in [-0.2, 0) is 16.1 Å². The molecule has 1 amide bonds. The Morgan fingerprint density at radius 2 is 2.35 bits per heavy atom. The summed E-state index contributed by atoms with van der Waals surface area (Å²) in [5.74, 6) is 0.829. The van der Waals surface area contributed by atoms with Gasteiger partial charge in [-0.2, -0.15) is 0 Å². The van der Waals surface area contributed by atoms with Crippen molar-refractivity contribution < 1.29 is 14.3 Å². The van der Waals surface area contributed by atoms with Gasteiger partial charge in [0, 0.05) is 17.6 Å². The SMILES string of the molecule is COc1ccc(Br)c(CN2CCOCC2=O)c1. The summed E-state index contributed by atoms with van der Waals surface area (Å²) in [6.45, 7) is 2.01. The van der Waals surface area contributed by atoms with Crippen LogP contribution in [0.3, 0.4) is 0 Å². The normalized spacial score (nSPS) is 16.1. The molecule has 0 radical (unpaired) electrons. The predicted molar refractivity (Wildman–Crippen MR) is 66.9 cm³/mol. The van der Waals surface area contributed by atoms with Gasteiger partial charge in [-0.3, -0.25) is 4.79 Å². The molecule has 1 aromatic rings. The van der Waals surface area contributed by atoms with E-state index in [0.29, 0.717) is 19.7 Å². The lowest BCUT2D eigenvalue weighted by Gasteiger charge is -2.27. The Bertz CT molecular complexity index is 422. The molecule has 0 atom stereocenters. The van der Waals surface area contributed by atoms with Crippen molar-refractivity contribution in [3.8, 4) is 5.75 Å². The third-order valence-corrected chi connectivity index (χ3v) is 3.47. The van der Waals surface area contributed by atoms with E-state index in [0.717, 1.165) is 15.8 Å². The molecule has 0 aromatic heterocycles. The Hall–Kier alpha value is -1.07. The van der Waals surface area contributed by atoms with Crippen LogP contribution in [0.1, 0.15) is 5.56 Å². The number of carbonyl (C=O) groups excluding carboxylic acids is 1. The minimum atomic E-state index is 0.0333. The standard InChI is InChI=1S/C12H14BrNO3/c1-16-10-2-3-11(13)9(6-10)7-14-4-5-17-8-12(14)15/h2-3,6H,4-5,7-8H2,1H3. The van der Waals surface area contributed by atoms with E-state index < -0.39 is 0 Å². The van der Waals surface area contributed by atoms with Crippen molar-refractivity contribution in [1.29, 1.82) is 0 Å². The molecule has 0 N–H and O–H groups in total. The molecule has 0 bridgehead atoms. The van der Waals surface area contributed by atoms with Crippen molar-refractivity contribution in [1.82, 2.24) is 4.90 Å². The topological polar surface area (TPSA) is 38.8 Å². The number of hydrogen-bond acceptors (Lipinski definition) is 3. The van der Waals surface area contributed by atoms with Crippen LogP contribution < -0.4 is 4.74 Å². The van der Waals surface area contributed by atoms with Gasteiger partial charge in [0.25, 0.3) is 0 Å². The number of amides is 1. The lowest BCUT2D eigenvalue weighted by molar-refractivity contribution is -0.143. The van der Waals surface area contributed by atoms with Crippen molar-refractivity contribution in [3.05, 3.63) is 28.2 Å². The summed E-state index contributed by atoms with van der Waals surface area (Å²) in [4.78, 5) is 13.4. The molecular formula is C12H14BrNO3. The molecule has 0 aliphatic carbocycles. The maximum Gasteiger partial charge on any atom is 0.248 e. The summed E-state index contributed by atoms with van der Waals surface area (Å²) < 4.78 is 11.3. The highest BCUT2D eigenvalue weighted by Crippen LogP contribution is 2.24. The van der Waals surface area contributed by atoms with Crippen LogP contribution >= 0.6 is 15.9 Å². The second-order valence-corrected chi connectivity index (χ2v) is 4.68. The van der Waals surface area contributed by atoms with Crippen LogP contribution in [0.5, 0.6) is 5.75 Å². The number of methoxy groups -OCH3 is 1. The number of benzene rings is 1. The van der Waals surface area contributed by atoms with Gasteiger partial charge in [0.05, 0.1) is 13.7 Å². The highest BCUT2D eigenvalue weighted by molar-refractivity contribution is 9.10. The highest BCUT2D eigenvalue weighted by atomic mass is 79.9. The smallest absolute Gasteiger partial charge is 0.248 e. The number of hydrogen-bond donors (Lipinski definition) is 0. The predicted octanol–water partition coefficient (Wildman–Crippen LogP) is 1.82. The molecule has 5 heteroatoms. The van der Waals surface area contributed by atoms with Gasteiger partial charge in [0.15, 0.2) is 0 Å². The zero-order valence-electron chi connectivity index (χ0n) is 9.61. The molecule has 17 heavy (non-hydrogen) atoms. The number of rotatable bonds is 3. The lowest BCUT2D eigenvalue weighted by Crippen LogP contribution is -2.40. The average Bonchev–Trinajstić information content (AvgIpc) is 2.35. The summed E-state index contributed by atoms with van der Waals surface area (Å²) in [6, 6.07) is 5.75.